The van der Waals surface area contributed by atoms with E-state index in [1.807, 2.05) is 13.8 Å². The summed E-state index contributed by atoms with van der Waals surface area (Å²) in [6, 6.07) is 1.30. The Bertz CT molecular complexity index is 605. The van der Waals surface area contributed by atoms with E-state index in [1.165, 1.54) is 16.8 Å². The number of aromatic amines is 1. The summed E-state index contributed by atoms with van der Waals surface area (Å²) in [5.74, 6) is -0.631. The van der Waals surface area contributed by atoms with Crippen LogP contribution in [0.25, 0.3) is 0 Å². The first-order chi connectivity index (χ1) is 8.89. The van der Waals surface area contributed by atoms with Crippen LogP contribution in [0.1, 0.15) is 26.5 Å². The molecule has 0 aromatic carbocycles. The van der Waals surface area contributed by atoms with E-state index in [0.29, 0.717) is 19.6 Å². The minimum atomic E-state index is -0.631. The Kier molecular flexibility index (Phi) is 2.67. The van der Waals surface area contributed by atoms with Crippen molar-refractivity contribution in [1.29, 1.82) is 0 Å². The molecule has 3 heterocycles. The summed E-state index contributed by atoms with van der Waals surface area (Å²) in [5.41, 5.74) is -1.41. The first kappa shape index (κ1) is 12.6. The molecule has 0 radical (unpaired) electrons. The van der Waals surface area contributed by atoms with Gasteiger partial charge in [-0.05, 0) is 13.8 Å². The number of nitrogens with one attached hydrogen (secondary N) is 1. The summed E-state index contributed by atoms with van der Waals surface area (Å²) < 4.78 is 18.4. The van der Waals surface area contributed by atoms with Crippen LogP contribution in [0.4, 0.5) is 0 Å². The Hall–Kier alpha value is -1.44. The van der Waals surface area contributed by atoms with Crippen LogP contribution in [-0.4, -0.2) is 34.2 Å². The minimum absolute atomic E-state index is 0.368. The zero-order valence-electron chi connectivity index (χ0n) is 10.8. The maximum absolute atomic E-state index is 11.7. The molecular formula is C12H16N2O5. The van der Waals surface area contributed by atoms with E-state index in [9.17, 15) is 9.59 Å². The Morgan fingerprint density at radius 1 is 1.37 bits per heavy atom. The average molecular weight is 268 g/mol. The maximum Gasteiger partial charge on any atom is 0.330 e. The normalized spacial score (nSPS) is 33.1. The lowest BCUT2D eigenvalue weighted by molar-refractivity contribution is -0.160. The van der Waals surface area contributed by atoms with Gasteiger partial charge < -0.3 is 14.2 Å². The summed E-state index contributed by atoms with van der Waals surface area (Å²) in [7, 11) is 0. The van der Waals surface area contributed by atoms with Gasteiger partial charge in [0.25, 0.3) is 5.56 Å². The second-order valence-electron chi connectivity index (χ2n) is 5.46. The topological polar surface area (TPSA) is 82.5 Å². The summed E-state index contributed by atoms with van der Waals surface area (Å²) in [6.45, 7) is 4.50. The Morgan fingerprint density at radius 2 is 2.16 bits per heavy atom. The molecule has 7 heteroatoms. The molecule has 1 spiro atoms. The van der Waals surface area contributed by atoms with Crippen LogP contribution in [-0.2, 0) is 14.2 Å². The smallest absolute Gasteiger partial charge is 0.330 e. The summed E-state index contributed by atoms with van der Waals surface area (Å²) in [6.07, 6.45) is 1.51. The van der Waals surface area contributed by atoms with Crippen molar-refractivity contribution >= 4 is 0 Å². The maximum atomic E-state index is 11.7. The Morgan fingerprint density at radius 3 is 2.79 bits per heavy atom. The van der Waals surface area contributed by atoms with Gasteiger partial charge in [0.15, 0.2) is 5.79 Å². The second kappa shape index (κ2) is 4.03. The van der Waals surface area contributed by atoms with E-state index in [2.05, 4.69) is 4.98 Å². The third kappa shape index (κ3) is 2.24. The monoisotopic (exact) mass is 268 g/mol. The molecule has 2 aliphatic rings. The fraction of sp³-hybridized carbons (Fsp3) is 0.667. The molecule has 2 aliphatic heterocycles. The quantitative estimate of drug-likeness (QED) is 0.774. The highest BCUT2D eigenvalue weighted by Crippen LogP contribution is 2.41. The highest BCUT2D eigenvalue weighted by Gasteiger charge is 2.51. The largest absolute Gasteiger partial charge is 0.355 e. The van der Waals surface area contributed by atoms with Crippen LogP contribution in [0.5, 0.6) is 0 Å². The number of ether oxygens (including phenoxy) is 3. The van der Waals surface area contributed by atoms with Crippen molar-refractivity contribution in [3.8, 4) is 0 Å². The average Bonchev–Trinajstić information content (AvgIpc) is 2.83. The highest BCUT2D eigenvalue weighted by molar-refractivity contribution is 4.95. The van der Waals surface area contributed by atoms with E-state index in [1.54, 1.807) is 0 Å². The molecule has 0 amide bonds. The fourth-order valence-corrected chi connectivity index (χ4v) is 2.57. The lowest BCUT2D eigenvalue weighted by atomic mass is 10.0. The predicted octanol–water partition coefficient (Wildman–Crippen LogP) is -0.0228. The molecule has 1 aromatic heterocycles. The zero-order valence-corrected chi connectivity index (χ0v) is 10.8. The van der Waals surface area contributed by atoms with Gasteiger partial charge in [-0.25, -0.2) is 4.79 Å². The second-order valence-corrected chi connectivity index (χ2v) is 5.46. The molecule has 0 bridgehead atoms. The highest BCUT2D eigenvalue weighted by atomic mass is 16.8. The van der Waals surface area contributed by atoms with Crippen molar-refractivity contribution in [3.63, 3.8) is 0 Å². The van der Waals surface area contributed by atoms with Gasteiger partial charge >= 0.3 is 5.69 Å². The standard InChI is InChI=1S/C12H16N2O5/c1-11(2)18-7-12(19-11)5-9(17-6-12)14-4-3-8(15)13-10(14)16/h3-4,9H,5-7H2,1-2H3,(H,13,15,16)/t9-,12?/m1/s1. The van der Waals surface area contributed by atoms with Crippen molar-refractivity contribution in [3.05, 3.63) is 33.1 Å². The first-order valence-electron chi connectivity index (χ1n) is 6.16. The van der Waals surface area contributed by atoms with Crippen molar-refractivity contribution in [1.82, 2.24) is 9.55 Å². The van der Waals surface area contributed by atoms with Gasteiger partial charge in [-0.3, -0.25) is 14.3 Å². The molecule has 1 aromatic rings. The number of hydrogen-bond acceptors (Lipinski definition) is 5. The van der Waals surface area contributed by atoms with Gasteiger partial charge in [0.05, 0.1) is 13.2 Å². The minimum Gasteiger partial charge on any atom is -0.355 e. The molecule has 7 nitrogen and oxygen atoms in total. The van der Waals surface area contributed by atoms with Crippen molar-refractivity contribution in [2.75, 3.05) is 13.2 Å². The van der Waals surface area contributed by atoms with Gasteiger partial charge in [0.2, 0.25) is 0 Å². The summed E-state index contributed by atoms with van der Waals surface area (Å²) >= 11 is 0. The van der Waals surface area contributed by atoms with Crippen molar-refractivity contribution in [2.24, 2.45) is 0 Å². The van der Waals surface area contributed by atoms with Crippen molar-refractivity contribution in [2.45, 2.75) is 37.9 Å². The zero-order chi connectivity index (χ0) is 13.7. The lowest BCUT2D eigenvalue weighted by Crippen LogP contribution is -2.35. The van der Waals surface area contributed by atoms with Gasteiger partial charge in [0.1, 0.15) is 11.8 Å². The number of aromatic nitrogens is 2. The third-order valence-corrected chi connectivity index (χ3v) is 3.39. The SMILES string of the molecule is CC1(C)OCC2(CO[C@@H](n3ccc(=O)[nH]c3=O)C2)O1. The summed E-state index contributed by atoms with van der Waals surface area (Å²) in [4.78, 5) is 25.0. The Labute approximate surface area is 109 Å². The fourth-order valence-electron chi connectivity index (χ4n) is 2.57. The van der Waals surface area contributed by atoms with E-state index >= 15 is 0 Å². The van der Waals surface area contributed by atoms with Crippen LogP contribution in [0, 0.1) is 0 Å². The van der Waals surface area contributed by atoms with Crippen LogP contribution >= 0.6 is 0 Å². The van der Waals surface area contributed by atoms with Crippen molar-refractivity contribution < 1.29 is 14.2 Å². The lowest BCUT2D eigenvalue weighted by Gasteiger charge is -2.22. The van der Waals surface area contributed by atoms with Gasteiger partial charge in [-0.15, -0.1) is 0 Å². The van der Waals surface area contributed by atoms with Crippen LogP contribution < -0.4 is 11.2 Å². The van der Waals surface area contributed by atoms with Gasteiger partial charge in [0, 0.05) is 18.7 Å². The van der Waals surface area contributed by atoms with Crippen LogP contribution in [0.3, 0.4) is 0 Å². The molecule has 2 saturated heterocycles. The molecule has 104 valence electrons. The Balaban J connectivity index is 1.83. The number of nitrogens with zero attached hydrogens (tertiary/aromatic N) is 1. The van der Waals surface area contributed by atoms with E-state index in [0.717, 1.165) is 0 Å². The number of rotatable bonds is 1. The molecule has 0 saturated carbocycles. The predicted molar refractivity (Wildman–Crippen MR) is 64.8 cm³/mol. The number of H-pyrrole nitrogens is 1. The molecule has 3 rings (SSSR count). The van der Waals surface area contributed by atoms with Gasteiger partial charge in [-0.2, -0.15) is 0 Å². The molecule has 2 fully saturated rings. The van der Waals surface area contributed by atoms with E-state index in [4.69, 9.17) is 14.2 Å². The van der Waals surface area contributed by atoms with E-state index in [-0.39, 0.29) is 0 Å². The van der Waals surface area contributed by atoms with Gasteiger partial charge in [-0.1, -0.05) is 0 Å². The third-order valence-electron chi connectivity index (χ3n) is 3.39. The molecule has 0 aliphatic carbocycles. The van der Waals surface area contributed by atoms with E-state index < -0.39 is 28.9 Å². The summed E-state index contributed by atoms with van der Waals surface area (Å²) in [5, 5.41) is 0. The molecule has 1 unspecified atom stereocenters. The first-order valence-corrected chi connectivity index (χ1v) is 6.16. The molecule has 1 N–H and O–H groups in total. The van der Waals surface area contributed by atoms with Crippen LogP contribution in [0.15, 0.2) is 21.9 Å². The number of hydrogen-bond donors (Lipinski definition) is 1. The molecular weight excluding hydrogens is 252 g/mol. The molecule has 19 heavy (non-hydrogen) atoms. The van der Waals surface area contributed by atoms with Crippen LogP contribution in [0.2, 0.25) is 0 Å². The molecule has 2 atom stereocenters.